The van der Waals surface area contributed by atoms with Crippen LogP contribution in [0, 0.1) is 0 Å². The molecule has 0 unspecified atom stereocenters. The van der Waals surface area contributed by atoms with Gasteiger partial charge in [-0.2, -0.15) is 0 Å². The maximum atomic E-state index is 12.2. The molecule has 110 valence electrons. The molecular formula is C15H24N4O. The summed E-state index contributed by atoms with van der Waals surface area (Å²) in [5.41, 5.74) is 1.26. The number of carbonyl (C=O) groups is 1. The lowest BCUT2D eigenvalue weighted by atomic mass is 10.2. The third kappa shape index (κ3) is 4.58. The molecule has 0 aliphatic carbocycles. The van der Waals surface area contributed by atoms with Gasteiger partial charge >= 0.3 is 0 Å². The Labute approximate surface area is 121 Å². The fourth-order valence-electron chi connectivity index (χ4n) is 2.34. The Bertz CT molecular complexity index is 415. The van der Waals surface area contributed by atoms with Crippen molar-refractivity contribution in [2.24, 2.45) is 0 Å². The molecule has 5 heteroatoms. The lowest BCUT2D eigenvalue weighted by Crippen LogP contribution is -2.49. The molecule has 2 heterocycles. The highest BCUT2D eigenvalue weighted by atomic mass is 16.2. The average Bonchev–Trinajstić information content (AvgIpc) is 2.47. The van der Waals surface area contributed by atoms with Crippen molar-refractivity contribution in [2.45, 2.75) is 6.42 Å². The molecule has 1 amide bonds. The summed E-state index contributed by atoms with van der Waals surface area (Å²) in [5.74, 6) is 0.246. The van der Waals surface area contributed by atoms with Crippen LogP contribution in [0.5, 0.6) is 0 Å². The summed E-state index contributed by atoms with van der Waals surface area (Å²) >= 11 is 0. The van der Waals surface area contributed by atoms with E-state index < -0.39 is 0 Å². The lowest BCUT2D eigenvalue weighted by molar-refractivity contribution is -0.133. The first-order valence-electron chi connectivity index (χ1n) is 7.19. The standard InChI is InChI=1S/C15H24N4O/c1-17-9-11-19(12-10-17)15(20)13-18(2)8-5-14-3-6-16-7-4-14/h3-4,6-7H,5,8-13H2,1-2H3. The Morgan fingerprint density at radius 1 is 1.25 bits per heavy atom. The van der Waals surface area contributed by atoms with E-state index in [0.29, 0.717) is 6.54 Å². The lowest BCUT2D eigenvalue weighted by Gasteiger charge is -2.33. The third-order valence-electron chi connectivity index (χ3n) is 3.79. The Morgan fingerprint density at radius 2 is 1.90 bits per heavy atom. The van der Waals surface area contributed by atoms with Crippen molar-refractivity contribution in [1.29, 1.82) is 0 Å². The number of hydrogen-bond donors (Lipinski definition) is 0. The minimum atomic E-state index is 0.246. The Kier molecular flexibility index (Phi) is 5.49. The molecule has 0 atom stereocenters. The van der Waals surface area contributed by atoms with Gasteiger partial charge in [0.2, 0.25) is 5.91 Å². The Morgan fingerprint density at radius 3 is 2.55 bits per heavy atom. The summed E-state index contributed by atoms with van der Waals surface area (Å²) in [6.45, 7) is 5.07. The van der Waals surface area contributed by atoms with Gasteiger partial charge < -0.3 is 9.80 Å². The van der Waals surface area contributed by atoms with Gasteiger partial charge in [0.05, 0.1) is 6.54 Å². The fourth-order valence-corrected chi connectivity index (χ4v) is 2.34. The van der Waals surface area contributed by atoms with Gasteiger partial charge in [0.15, 0.2) is 0 Å². The monoisotopic (exact) mass is 276 g/mol. The number of aromatic nitrogens is 1. The van der Waals surface area contributed by atoms with Crippen LogP contribution in [0.25, 0.3) is 0 Å². The summed E-state index contributed by atoms with van der Waals surface area (Å²) < 4.78 is 0. The second-order valence-corrected chi connectivity index (χ2v) is 5.53. The average molecular weight is 276 g/mol. The molecule has 0 bridgehead atoms. The molecule has 0 N–H and O–H groups in total. The third-order valence-corrected chi connectivity index (χ3v) is 3.79. The van der Waals surface area contributed by atoms with Crippen molar-refractivity contribution in [3.8, 4) is 0 Å². The highest BCUT2D eigenvalue weighted by Crippen LogP contribution is 2.02. The van der Waals surface area contributed by atoms with Crippen LogP contribution >= 0.6 is 0 Å². The summed E-state index contributed by atoms with van der Waals surface area (Å²) in [4.78, 5) is 22.5. The minimum Gasteiger partial charge on any atom is -0.339 e. The zero-order valence-electron chi connectivity index (χ0n) is 12.5. The Hall–Kier alpha value is -1.46. The molecular weight excluding hydrogens is 252 g/mol. The predicted molar refractivity (Wildman–Crippen MR) is 79.5 cm³/mol. The molecule has 1 aromatic rings. The van der Waals surface area contributed by atoms with E-state index >= 15 is 0 Å². The Balaban J connectivity index is 1.71. The zero-order chi connectivity index (χ0) is 14.4. The van der Waals surface area contributed by atoms with Crippen molar-refractivity contribution < 1.29 is 4.79 Å². The van der Waals surface area contributed by atoms with E-state index in [1.807, 2.05) is 36.5 Å². The normalized spacial score (nSPS) is 16.6. The number of piperazine rings is 1. The molecule has 1 fully saturated rings. The smallest absolute Gasteiger partial charge is 0.236 e. The van der Waals surface area contributed by atoms with Crippen LogP contribution in [0.15, 0.2) is 24.5 Å². The second kappa shape index (κ2) is 7.36. The van der Waals surface area contributed by atoms with Gasteiger partial charge in [0.25, 0.3) is 0 Å². The van der Waals surface area contributed by atoms with E-state index in [-0.39, 0.29) is 5.91 Å². The van der Waals surface area contributed by atoms with E-state index in [1.54, 1.807) is 0 Å². The largest absolute Gasteiger partial charge is 0.339 e. The molecule has 0 saturated carbocycles. The predicted octanol–water partition coefficient (Wildman–Crippen LogP) is 0.330. The molecule has 20 heavy (non-hydrogen) atoms. The molecule has 1 aromatic heterocycles. The highest BCUT2D eigenvalue weighted by Gasteiger charge is 2.19. The molecule has 0 aromatic carbocycles. The number of carbonyl (C=O) groups excluding carboxylic acids is 1. The molecule has 2 rings (SSSR count). The van der Waals surface area contributed by atoms with Crippen LogP contribution in [0.4, 0.5) is 0 Å². The van der Waals surface area contributed by atoms with Crippen LogP contribution in [-0.2, 0) is 11.2 Å². The first kappa shape index (κ1) is 14.9. The first-order chi connectivity index (χ1) is 9.65. The quantitative estimate of drug-likeness (QED) is 0.777. The molecule has 1 aliphatic heterocycles. The number of rotatable bonds is 5. The topological polar surface area (TPSA) is 39.7 Å². The van der Waals surface area contributed by atoms with Gasteiger partial charge in [0.1, 0.15) is 0 Å². The van der Waals surface area contributed by atoms with Gasteiger partial charge in [-0.3, -0.25) is 14.7 Å². The van der Waals surface area contributed by atoms with E-state index in [9.17, 15) is 4.79 Å². The van der Waals surface area contributed by atoms with Crippen LogP contribution in [0.2, 0.25) is 0 Å². The van der Waals surface area contributed by atoms with Crippen molar-refractivity contribution >= 4 is 5.91 Å². The molecule has 1 saturated heterocycles. The van der Waals surface area contributed by atoms with Gasteiger partial charge in [-0.15, -0.1) is 0 Å². The van der Waals surface area contributed by atoms with Crippen molar-refractivity contribution in [3.63, 3.8) is 0 Å². The van der Waals surface area contributed by atoms with Crippen molar-refractivity contribution in [3.05, 3.63) is 30.1 Å². The first-order valence-corrected chi connectivity index (χ1v) is 7.19. The number of hydrogen-bond acceptors (Lipinski definition) is 4. The minimum absolute atomic E-state index is 0.246. The van der Waals surface area contributed by atoms with Gasteiger partial charge in [-0.05, 0) is 38.2 Å². The van der Waals surface area contributed by atoms with Crippen LogP contribution in [0.3, 0.4) is 0 Å². The van der Waals surface area contributed by atoms with E-state index in [2.05, 4.69) is 21.8 Å². The molecule has 1 aliphatic rings. The summed E-state index contributed by atoms with van der Waals surface area (Å²) in [6.07, 6.45) is 4.57. The molecule has 5 nitrogen and oxygen atoms in total. The SMILES string of the molecule is CN1CCN(C(=O)CN(C)CCc2ccncc2)CC1. The zero-order valence-corrected chi connectivity index (χ0v) is 12.5. The maximum absolute atomic E-state index is 12.2. The van der Waals surface area contributed by atoms with Crippen LogP contribution in [-0.4, -0.2) is 79.0 Å². The van der Waals surface area contributed by atoms with E-state index in [0.717, 1.165) is 39.1 Å². The summed E-state index contributed by atoms with van der Waals surface area (Å²) in [5, 5.41) is 0. The van der Waals surface area contributed by atoms with E-state index in [1.165, 1.54) is 5.56 Å². The maximum Gasteiger partial charge on any atom is 0.236 e. The second-order valence-electron chi connectivity index (χ2n) is 5.53. The van der Waals surface area contributed by atoms with Crippen molar-refractivity contribution in [1.82, 2.24) is 19.7 Å². The van der Waals surface area contributed by atoms with Crippen LogP contribution < -0.4 is 0 Å². The van der Waals surface area contributed by atoms with Crippen molar-refractivity contribution in [2.75, 3.05) is 53.4 Å². The van der Waals surface area contributed by atoms with E-state index in [4.69, 9.17) is 0 Å². The molecule has 0 spiro atoms. The highest BCUT2D eigenvalue weighted by molar-refractivity contribution is 5.78. The number of likely N-dealkylation sites (N-methyl/N-ethyl adjacent to an activating group) is 2. The van der Waals surface area contributed by atoms with Crippen LogP contribution in [0.1, 0.15) is 5.56 Å². The summed E-state index contributed by atoms with van der Waals surface area (Å²) in [7, 11) is 4.11. The number of amides is 1. The fraction of sp³-hybridized carbons (Fsp3) is 0.600. The summed E-state index contributed by atoms with van der Waals surface area (Å²) in [6, 6.07) is 4.05. The number of nitrogens with zero attached hydrogens (tertiary/aromatic N) is 4. The van der Waals surface area contributed by atoms with Gasteiger partial charge in [-0.1, -0.05) is 0 Å². The van der Waals surface area contributed by atoms with Gasteiger partial charge in [0, 0.05) is 45.1 Å². The molecule has 0 radical (unpaired) electrons. The number of pyridine rings is 1. The van der Waals surface area contributed by atoms with Gasteiger partial charge in [-0.25, -0.2) is 0 Å².